The Morgan fingerprint density at radius 1 is 1.14 bits per heavy atom. The van der Waals surface area contributed by atoms with E-state index in [1.165, 1.54) is 0 Å². The lowest BCUT2D eigenvalue weighted by molar-refractivity contribution is -0.152. The Labute approximate surface area is 163 Å². The van der Waals surface area contributed by atoms with E-state index in [-0.39, 0.29) is 6.61 Å². The van der Waals surface area contributed by atoms with Crippen LogP contribution in [-0.4, -0.2) is 21.9 Å². The van der Waals surface area contributed by atoms with Gasteiger partial charge in [0.05, 0.1) is 17.1 Å². The van der Waals surface area contributed by atoms with Gasteiger partial charge in [0.1, 0.15) is 24.0 Å². The summed E-state index contributed by atoms with van der Waals surface area (Å²) in [6.07, 6.45) is -0.776. The van der Waals surface area contributed by atoms with E-state index >= 15 is 0 Å². The fourth-order valence-electron chi connectivity index (χ4n) is 2.76. The number of hydrogen-bond donors (Lipinski definition) is 0. The maximum Gasteiger partial charge on any atom is 0.347 e. The van der Waals surface area contributed by atoms with Gasteiger partial charge < -0.3 is 9.47 Å². The van der Waals surface area contributed by atoms with Crippen molar-refractivity contribution >= 4 is 5.97 Å². The van der Waals surface area contributed by atoms with Gasteiger partial charge in [-0.2, -0.15) is 10.4 Å². The number of ether oxygens (including phenoxy) is 2. The Morgan fingerprint density at radius 2 is 1.82 bits per heavy atom. The van der Waals surface area contributed by atoms with Gasteiger partial charge in [-0.1, -0.05) is 35.9 Å². The molecule has 1 unspecified atom stereocenters. The number of esters is 1. The molecule has 2 aromatic carbocycles. The predicted octanol–water partition coefficient (Wildman–Crippen LogP) is 3.87. The molecule has 0 fully saturated rings. The third-order valence-electron chi connectivity index (χ3n) is 4.29. The molecule has 0 aliphatic carbocycles. The smallest absolute Gasteiger partial charge is 0.347 e. The molecule has 1 heterocycles. The Kier molecular flexibility index (Phi) is 5.75. The molecule has 0 saturated carbocycles. The second-order valence-electron chi connectivity index (χ2n) is 6.45. The van der Waals surface area contributed by atoms with Crippen LogP contribution in [0.4, 0.5) is 0 Å². The number of rotatable bonds is 6. The van der Waals surface area contributed by atoms with Crippen molar-refractivity contribution in [2.24, 2.45) is 0 Å². The van der Waals surface area contributed by atoms with Crippen molar-refractivity contribution < 1.29 is 14.3 Å². The average molecular weight is 375 g/mol. The van der Waals surface area contributed by atoms with Gasteiger partial charge in [0, 0.05) is 0 Å². The van der Waals surface area contributed by atoms with Crippen LogP contribution in [0.15, 0.2) is 54.6 Å². The monoisotopic (exact) mass is 375 g/mol. The van der Waals surface area contributed by atoms with Crippen molar-refractivity contribution in [1.29, 1.82) is 5.26 Å². The van der Waals surface area contributed by atoms with Crippen LogP contribution in [0.2, 0.25) is 0 Å². The number of carbonyl (C=O) groups is 1. The van der Waals surface area contributed by atoms with Crippen LogP contribution in [0.1, 0.15) is 29.4 Å². The Bertz CT molecular complexity index is 1000. The number of aryl methyl sites for hydroxylation is 2. The van der Waals surface area contributed by atoms with E-state index in [0.717, 1.165) is 11.3 Å². The van der Waals surface area contributed by atoms with Crippen LogP contribution in [0.25, 0.3) is 5.69 Å². The number of carbonyl (C=O) groups excluding carboxylic acids is 1. The van der Waals surface area contributed by atoms with Gasteiger partial charge in [-0.05, 0) is 45.0 Å². The summed E-state index contributed by atoms with van der Waals surface area (Å²) in [6.45, 7) is 5.30. The first-order valence-corrected chi connectivity index (χ1v) is 8.93. The zero-order valence-electron chi connectivity index (χ0n) is 16.0. The minimum Gasteiger partial charge on any atom is -0.479 e. The van der Waals surface area contributed by atoms with Crippen LogP contribution >= 0.6 is 0 Å². The van der Waals surface area contributed by atoms with E-state index < -0.39 is 12.1 Å². The van der Waals surface area contributed by atoms with E-state index in [0.29, 0.717) is 22.7 Å². The van der Waals surface area contributed by atoms with E-state index in [9.17, 15) is 10.1 Å². The summed E-state index contributed by atoms with van der Waals surface area (Å²) in [5.74, 6) is 0.0841. The lowest BCUT2D eigenvalue weighted by Gasteiger charge is -2.15. The third-order valence-corrected chi connectivity index (χ3v) is 4.29. The molecule has 0 aliphatic rings. The number of hydrogen-bond acceptors (Lipinski definition) is 5. The average Bonchev–Trinajstić information content (AvgIpc) is 3.03. The molecule has 0 bridgehead atoms. The fourth-order valence-corrected chi connectivity index (χ4v) is 2.76. The van der Waals surface area contributed by atoms with Crippen molar-refractivity contribution in [1.82, 2.24) is 9.78 Å². The van der Waals surface area contributed by atoms with Crippen molar-refractivity contribution in [3.8, 4) is 17.5 Å². The SMILES string of the molecule is Cc1ccc(OC(C)C(=O)OCc2c(C#N)c(C)nn2-c2ccccc2)cc1. The van der Waals surface area contributed by atoms with Crippen molar-refractivity contribution in [3.05, 3.63) is 77.1 Å². The van der Waals surface area contributed by atoms with Crippen molar-refractivity contribution in [2.75, 3.05) is 0 Å². The topological polar surface area (TPSA) is 77.1 Å². The van der Waals surface area contributed by atoms with Gasteiger partial charge in [-0.25, -0.2) is 9.48 Å². The first kappa shape index (κ1) is 19.2. The minimum atomic E-state index is -0.776. The number of para-hydroxylation sites is 1. The molecule has 1 aromatic heterocycles. The molecule has 6 nitrogen and oxygen atoms in total. The molecule has 142 valence electrons. The van der Waals surface area contributed by atoms with Gasteiger partial charge in [0.2, 0.25) is 0 Å². The number of nitrogens with zero attached hydrogens (tertiary/aromatic N) is 3. The summed E-state index contributed by atoms with van der Waals surface area (Å²) in [5.41, 5.74) is 3.42. The largest absolute Gasteiger partial charge is 0.479 e. The van der Waals surface area contributed by atoms with Crippen LogP contribution in [0.3, 0.4) is 0 Å². The first-order valence-electron chi connectivity index (χ1n) is 8.93. The number of benzene rings is 2. The van der Waals surface area contributed by atoms with E-state index in [1.807, 2.05) is 49.4 Å². The standard InChI is InChI=1S/C22H21N3O3/c1-15-9-11-19(12-10-15)28-17(3)22(26)27-14-21-20(13-23)16(2)24-25(21)18-7-5-4-6-8-18/h4-12,17H,14H2,1-3H3. The lowest BCUT2D eigenvalue weighted by atomic mass is 10.2. The molecule has 0 radical (unpaired) electrons. The normalized spacial score (nSPS) is 11.5. The van der Waals surface area contributed by atoms with Gasteiger partial charge in [-0.15, -0.1) is 0 Å². The molecule has 0 spiro atoms. The van der Waals surface area contributed by atoms with Crippen LogP contribution in [0, 0.1) is 25.2 Å². The van der Waals surface area contributed by atoms with E-state index in [4.69, 9.17) is 9.47 Å². The first-order chi connectivity index (χ1) is 13.5. The Balaban J connectivity index is 1.74. The van der Waals surface area contributed by atoms with E-state index in [1.54, 1.807) is 30.7 Å². The quantitative estimate of drug-likeness (QED) is 0.611. The van der Waals surface area contributed by atoms with Crippen LogP contribution in [0.5, 0.6) is 5.75 Å². The molecule has 1 atom stereocenters. The number of aromatic nitrogens is 2. The number of nitriles is 1. The molecule has 0 N–H and O–H groups in total. The summed E-state index contributed by atoms with van der Waals surface area (Å²) in [6, 6.07) is 19.0. The molecular formula is C22H21N3O3. The second kappa shape index (κ2) is 8.40. The zero-order valence-corrected chi connectivity index (χ0v) is 16.0. The predicted molar refractivity (Wildman–Crippen MR) is 104 cm³/mol. The lowest BCUT2D eigenvalue weighted by Crippen LogP contribution is -2.26. The van der Waals surface area contributed by atoms with Crippen molar-refractivity contribution in [3.63, 3.8) is 0 Å². The summed E-state index contributed by atoms with van der Waals surface area (Å²) in [7, 11) is 0. The molecule has 6 heteroatoms. The Morgan fingerprint density at radius 3 is 2.46 bits per heavy atom. The van der Waals surface area contributed by atoms with Gasteiger partial charge in [0.25, 0.3) is 0 Å². The highest BCUT2D eigenvalue weighted by atomic mass is 16.6. The fraction of sp³-hybridized carbons (Fsp3) is 0.227. The molecule has 0 amide bonds. The third kappa shape index (κ3) is 4.21. The zero-order chi connectivity index (χ0) is 20.1. The Hall–Kier alpha value is -3.59. The maximum atomic E-state index is 12.4. The van der Waals surface area contributed by atoms with Crippen LogP contribution < -0.4 is 4.74 Å². The summed E-state index contributed by atoms with van der Waals surface area (Å²) in [4.78, 5) is 12.4. The summed E-state index contributed by atoms with van der Waals surface area (Å²) >= 11 is 0. The molecule has 0 aliphatic heterocycles. The maximum absolute atomic E-state index is 12.4. The summed E-state index contributed by atoms with van der Waals surface area (Å²) < 4.78 is 12.7. The van der Waals surface area contributed by atoms with Gasteiger partial charge in [-0.3, -0.25) is 0 Å². The van der Waals surface area contributed by atoms with Gasteiger partial charge in [0.15, 0.2) is 6.10 Å². The highest BCUT2D eigenvalue weighted by Gasteiger charge is 2.21. The van der Waals surface area contributed by atoms with E-state index in [2.05, 4.69) is 11.2 Å². The second-order valence-corrected chi connectivity index (χ2v) is 6.45. The summed E-state index contributed by atoms with van der Waals surface area (Å²) in [5, 5.41) is 13.9. The van der Waals surface area contributed by atoms with Crippen LogP contribution in [-0.2, 0) is 16.1 Å². The molecule has 28 heavy (non-hydrogen) atoms. The van der Waals surface area contributed by atoms with Gasteiger partial charge >= 0.3 is 5.97 Å². The molecule has 3 aromatic rings. The highest BCUT2D eigenvalue weighted by Crippen LogP contribution is 2.20. The highest BCUT2D eigenvalue weighted by molar-refractivity contribution is 5.74. The molecule has 3 rings (SSSR count). The molecular weight excluding hydrogens is 354 g/mol. The molecule has 0 saturated heterocycles. The minimum absolute atomic E-state index is 0.0704. The van der Waals surface area contributed by atoms with Crippen molar-refractivity contribution in [2.45, 2.75) is 33.5 Å².